The van der Waals surface area contributed by atoms with Gasteiger partial charge in [0.1, 0.15) is 0 Å². The molecule has 0 aromatic heterocycles. The first-order chi connectivity index (χ1) is 9.19. The molecule has 1 fully saturated rings. The highest BCUT2D eigenvalue weighted by Crippen LogP contribution is 2.26. The lowest BCUT2D eigenvalue weighted by Gasteiger charge is -2.32. The number of methoxy groups -OCH3 is 1. The van der Waals surface area contributed by atoms with Gasteiger partial charge in [0.25, 0.3) is 0 Å². The molecule has 0 aliphatic carbocycles. The van der Waals surface area contributed by atoms with Crippen molar-refractivity contribution in [3.63, 3.8) is 0 Å². The maximum Gasteiger partial charge on any atom is 0.160 e. The summed E-state index contributed by atoms with van der Waals surface area (Å²) in [4.78, 5) is 4.89. The van der Waals surface area contributed by atoms with Gasteiger partial charge in [0.05, 0.1) is 7.11 Å². The zero-order chi connectivity index (χ0) is 13.7. The Labute approximate surface area is 115 Å². The minimum Gasteiger partial charge on any atom is -0.504 e. The van der Waals surface area contributed by atoms with E-state index >= 15 is 0 Å². The molecular formula is C15H24N2O2. The monoisotopic (exact) mass is 264 g/mol. The van der Waals surface area contributed by atoms with Crippen molar-refractivity contribution in [2.45, 2.75) is 12.8 Å². The highest BCUT2D eigenvalue weighted by molar-refractivity contribution is 5.41. The molecule has 1 aromatic carbocycles. The third kappa shape index (κ3) is 4.11. The fourth-order valence-corrected chi connectivity index (χ4v) is 2.47. The topological polar surface area (TPSA) is 35.9 Å². The smallest absolute Gasteiger partial charge is 0.160 e. The van der Waals surface area contributed by atoms with Crippen molar-refractivity contribution in [2.24, 2.45) is 0 Å². The normalized spacial score (nSPS) is 17.6. The van der Waals surface area contributed by atoms with Gasteiger partial charge >= 0.3 is 0 Å². The predicted octanol–water partition coefficient (Wildman–Crippen LogP) is 1.58. The van der Waals surface area contributed by atoms with Crippen molar-refractivity contribution in [3.05, 3.63) is 23.8 Å². The van der Waals surface area contributed by atoms with Gasteiger partial charge in [-0.15, -0.1) is 0 Å². The van der Waals surface area contributed by atoms with Crippen LogP contribution in [0.3, 0.4) is 0 Å². The highest BCUT2D eigenvalue weighted by atomic mass is 16.5. The van der Waals surface area contributed by atoms with E-state index in [2.05, 4.69) is 16.8 Å². The average molecular weight is 264 g/mol. The van der Waals surface area contributed by atoms with Crippen molar-refractivity contribution in [3.8, 4) is 11.5 Å². The second kappa shape index (κ2) is 6.78. The number of ether oxygens (including phenoxy) is 1. The van der Waals surface area contributed by atoms with Crippen LogP contribution in [0.4, 0.5) is 0 Å². The molecule has 4 nitrogen and oxygen atoms in total. The SMILES string of the molecule is COc1ccc(CCCN2CCN(C)CC2)cc1O. The summed E-state index contributed by atoms with van der Waals surface area (Å²) < 4.78 is 5.05. The van der Waals surface area contributed by atoms with Gasteiger partial charge in [-0.1, -0.05) is 6.07 Å². The number of nitrogens with zero attached hydrogens (tertiary/aromatic N) is 2. The number of hydrogen-bond acceptors (Lipinski definition) is 4. The average Bonchev–Trinajstić information content (AvgIpc) is 2.41. The second-order valence-electron chi connectivity index (χ2n) is 5.25. The molecule has 0 unspecified atom stereocenters. The van der Waals surface area contributed by atoms with Crippen LogP contribution in [0.15, 0.2) is 18.2 Å². The van der Waals surface area contributed by atoms with Gasteiger partial charge in [-0.3, -0.25) is 0 Å². The molecule has 1 saturated heterocycles. The van der Waals surface area contributed by atoms with Crippen LogP contribution in [0.25, 0.3) is 0 Å². The Kier molecular flexibility index (Phi) is 5.05. The fraction of sp³-hybridized carbons (Fsp3) is 0.600. The van der Waals surface area contributed by atoms with Crippen molar-refractivity contribution in [1.82, 2.24) is 9.80 Å². The van der Waals surface area contributed by atoms with Crippen LogP contribution in [-0.2, 0) is 6.42 Å². The molecule has 1 heterocycles. The summed E-state index contributed by atoms with van der Waals surface area (Å²) in [5, 5.41) is 9.73. The van der Waals surface area contributed by atoms with Crippen LogP contribution < -0.4 is 4.74 Å². The van der Waals surface area contributed by atoms with Crippen LogP contribution in [0.5, 0.6) is 11.5 Å². The Hall–Kier alpha value is -1.26. The van der Waals surface area contributed by atoms with E-state index in [4.69, 9.17) is 4.74 Å². The number of rotatable bonds is 5. The van der Waals surface area contributed by atoms with E-state index in [1.54, 1.807) is 7.11 Å². The van der Waals surface area contributed by atoms with E-state index in [9.17, 15) is 5.11 Å². The summed E-state index contributed by atoms with van der Waals surface area (Å²) in [6.45, 7) is 5.82. The Morgan fingerprint density at radius 2 is 1.95 bits per heavy atom. The standard InChI is InChI=1S/C15H24N2O2/c1-16-8-10-17(11-9-16)7-3-4-13-5-6-15(19-2)14(18)12-13/h5-6,12,18H,3-4,7-11H2,1-2H3. The predicted molar refractivity (Wildman–Crippen MR) is 76.9 cm³/mol. The van der Waals surface area contributed by atoms with Gasteiger partial charge in [-0.25, -0.2) is 0 Å². The van der Waals surface area contributed by atoms with Crippen LogP contribution in [-0.4, -0.2) is 61.8 Å². The minimum atomic E-state index is 0.236. The maximum atomic E-state index is 9.73. The summed E-state index contributed by atoms with van der Waals surface area (Å²) in [5.41, 5.74) is 1.17. The van der Waals surface area contributed by atoms with Gasteiger partial charge in [0, 0.05) is 26.2 Å². The van der Waals surface area contributed by atoms with E-state index < -0.39 is 0 Å². The van der Waals surface area contributed by atoms with Crippen molar-refractivity contribution in [1.29, 1.82) is 0 Å². The Bertz CT molecular complexity index is 401. The molecule has 19 heavy (non-hydrogen) atoms. The highest BCUT2D eigenvalue weighted by Gasteiger charge is 2.12. The van der Waals surface area contributed by atoms with E-state index in [1.807, 2.05) is 18.2 Å². The lowest BCUT2D eigenvalue weighted by atomic mass is 10.1. The van der Waals surface area contributed by atoms with Gasteiger partial charge in [-0.2, -0.15) is 0 Å². The number of aromatic hydroxyl groups is 1. The van der Waals surface area contributed by atoms with Gasteiger partial charge in [0.2, 0.25) is 0 Å². The molecule has 0 saturated carbocycles. The fourth-order valence-electron chi connectivity index (χ4n) is 2.47. The van der Waals surface area contributed by atoms with Crippen LogP contribution in [0.1, 0.15) is 12.0 Å². The summed E-state index contributed by atoms with van der Waals surface area (Å²) in [5.74, 6) is 0.780. The van der Waals surface area contributed by atoms with E-state index in [1.165, 1.54) is 31.7 Å². The molecule has 0 spiro atoms. The third-order valence-corrected chi connectivity index (χ3v) is 3.78. The number of hydrogen-bond donors (Lipinski definition) is 1. The van der Waals surface area contributed by atoms with Crippen LogP contribution >= 0.6 is 0 Å². The lowest BCUT2D eigenvalue weighted by molar-refractivity contribution is 0.153. The molecule has 0 bridgehead atoms. The molecule has 0 amide bonds. The zero-order valence-corrected chi connectivity index (χ0v) is 11.9. The molecule has 1 aliphatic heterocycles. The first kappa shape index (κ1) is 14.2. The van der Waals surface area contributed by atoms with Crippen LogP contribution in [0, 0.1) is 0 Å². The molecule has 1 aromatic rings. The minimum absolute atomic E-state index is 0.236. The molecular weight excluding hydrogens is 240 g/mol. The number of benzene rings is 1. The second-order valence-corrected chi connectivity index (χ2v) is 5.25. The first-order valence-electron chi connectivity index (χ1n) is 6.96. The Morgan fingerprint density at radius 1 is 1.21 bits per heavy atom. The molecule has 1 aliphatic rings. The van der Waals surface area contributed by atoms with Crippen molar-refractivity contribution < 1.29 is 9.84 Å². The number of likely N-dealkylation sites (N-methyl/N-ethyl adjacent to an activating group) is 1. The molecule has 1 N–H and O–H groups in total. The van der Waals surface area contributed by atoms with Crippen molar-refractivity contribution >= 4 is 0 Å². The quantitative estimate of drug-likeness (QED) is 0.876. The summed E-state index contributed by atoms with van der Waals surface area (Å²) >= 11 is 0. The third-order valence-electron chi connectivity index (χ3n) is 3.78. The lowest BCUT2D eigenvalue weighted by Crippen LogP contribution is -2.44. The van der Waals surface area contributed by atoms with E-state index in [0.29, 0.717) is 5.75 Å². The van der Waals surface area contributed by atoms with Gasteiger partial charge < -0.3 is 19.6 Å². The van der Waals surface area contributed by atoms with Gasteiger partial charge in [0.15, 0.2) is 11.5 Å². The summed E-state index contributed by atoms with van der Waals surface area (Å²) in [7, 11) is 3.75. The van der Waals surface area contributed by atoms with Crippen molar-refractivity contribution in [2.75, 3.05) is 46.9 Å². The first-order valence-corrected chi connectivity index (χ1v) is 6.96. The largest absolute Gasteiger partial charge is 0.504 e. The molecule has 4 heteroatoms. The summed E-state index contributed by atoms with van der Waals surface area (Å²) in [6, 6.07) is 5.67. The number of phenolic OH excluding ortho intramolecular Hbond substituents is 1. The van der Waals surface area contributed by atoms with Gasteiger partial charge in [-0.05, 0) is 44.1 Å². The number of aryl methyl sites for hydroxylation is 1. The Morgan fingerprint density at radius 3 is 2.58 bits per heavy atom. The maximum absolute atomic E-state index is 9.73. The molecule has 0 radical (unpaired) electrons. The van der Waals surface area contributed by atoms with E-state index in [-0.39, 0.29) is 5.75 Å². The number of phenols is 1. The number of piperazine rings is 1. The molecule has 2 rings (SSSR count). The van der Waals surface area contributed by atoms with Crippen LogP contribution in [0.2, 0.25) is 0 Å². The van der Waals surface area contributed by atoms with E-state index in [0.717, 1.165) is 19.4 Å². The molecule has 0 atom stereocenters. The molecule has 106 valence electrons. The Balaban J connectivity index is 1.75. The zero-order valence-electron chi connectivity index (χ0n) is 11.9. The summed E-state index contributed by atoms with van der Waals surface area (Å²) in [6.07, 6.45) is 2.14.